The van der Waals surface area contributed by atoms with Gasteiger partial charge in [0.15, 0.2) is 0 Å². The van der Waals surface area contributed by atoms with Crippen LogP contribution in [0.2, 0.25) is 0 Å². The molecule has 7 nitrogen and oxygen atoms in total. The molecule has 1 aromatic heterocycles. The van der Waals surface area contributed by atoms with E-state index in [0.717, 1.165) is 57.8 Å². The van der Waals surface area contributed by atoms with Crippen LogP contribution in [0.3, 0.4) is 0 Å². The lowest BCUT2D eigenvalue weighted by Crippen LogP contribution is -2.44. The van der Waals surface area contributed by atoms with Gasteiger partial charge in [0, 0.05) is 38.8 Å². The summed E-state index contributed by atoms with van der Waals surface area (Å²) in [5.41, 5.74) is 2.37. The van der Waals surface area contributed by atoms with Crippen molar-refractivity contribution in [1.29, 1.82) is 0 Å². The molecule has 3 rings (SSSR count). The van der Waals surface area contributed by atoms with Crippen LogP contribution >= 0.6 is 0 Å². The first-order chi connectivity index (χ1) is 9.99. The highest BCUT2D eigenvalue weighted by Gasteiger charge is 2.22. The molecule has 1 saturated heterocycles. The molecule has 0 saturated carbocycles. The van der Waals surface area contributed by atoms with Gasteiger partial charge in [-0.05, 0) is 18.9 Å². The summed E-state index contributed by atoms with van der Waals surface area (Å²) in [5.74, 6) is 0. The Balaban J connectivity index is 1.52. The second kappa shape index (κ2) is 6.04. The van der Waals surface area contributed by atoms with Gasteiger partial charge in [-0.15, -0.1) is 0 Å². The van der Waals surface area contributed by atoms with Gasteiger partial charge in [-0.2, -0.15) is 5.10 Å². The van der Waals surface area contributed by atoms with Crippen LogP contribution in [0.4, 0.5) is 0 Å². The molecule has 0 radical (unpaired) electrons. The van der Waals surface area contributed by atoms with Gasteiger partial charge < -0.3 is 5.32 Å². The third-order valence-corrected chi connectivity index (χ3v) is 4.84. The molecule has 1 aromatic rings. The molecule has 118 valence electrons. The van der Waals surface area contributed by atoms with Crippen molar-refractivity contribution in [3.63, 3.8) is 0 Å². The third kappa shape index (κ3) is 4.03. The summed E-state index contributed by atoms with van der Waals surface area (Å²) in [4.78, 5) is 2.35. The van der Waals surface area contributed by atoms with Gasteiger partial charge in [0.25, 0.3) is 0 Å². The van der Waals surface area contributed by atoms with Crippen LogP contribution in [-0.4, -0.2) is 55.0 Å². The Bertz CT molecular complexity index is 566. The highest BCUT2D eigenvalue weighted by atomic mass is 32.2. The molecule has 0 spiro atoms. The first-order valence-corrected chi connectivity index (χ1v) is 9.35. The van der Waals surface area contributed by atoms with Gasteiger partial charge in [-0.25, -0.2) is 13.1 Å². The zero-order chi connectivity index (χ0) is 14.9. The van der Waals surface area contributed by atoms with Gasteiger partial charge in [0.1, 0.15) is 0 Å². The van der Waals surface area contributed by atoms with Gasteiger partial charge in [0.05, 0.1) is 24.2 Å². The van der Waals surface area contributed by atoms with Crippen LogP contribution in [0.1, 0.15) is 24.2 Å². The smallest absolute Gasteiger partial charge is 0.208 e. The standard InChI is InChI=1S/C13H23N5O2S/c1-21(19,20)16-11-2-5-17(6-3-11)10-12-8-13-9-14-4-7-18(13)15-12/h8,11,14,16H,2-7,9-10H2,1H3. The highest BCUT2D eigenvalue weighted by molar-refractivity contribution is 7.88. The number of piperidine rings is 1. The van der Waals surface area contributed by atoms with Crippen LogP contribution in [0.15, 0.2) is 6.07 Å². The summed E-state index contributed by atoms with van der Waals surface area (Å²) in [6.45, 7) is 5.49. The zero-order valence-electron chi connectivity index (χ0n) is 12.4. The average molecular weight is 313 g/mol. The minimum Gasteiger partial charge on any atom is -0.309 e. The van der Waals surface area contributed by atoms with Crippen LogP contribution < -0.4 is 10.0 Å². The Hall–Kier alpha value is -0.960. The Morgan fingerprint density at radius 1 is 1.38 bits per heavy atom. The maximum absolute atomic E-state index is 11.2. The molecule has 1 fully saturated rings. The lowest BCUT2D eigenvalue weighted by molar-refractivity contribution is 0.197. The summed E-state index contributed by atoms with van der Waals surface area (Å²) in [7, 11) is -3.09. The van der Waals surface area contributed by atoms with Crippen LogP contribution in [0, 0.1) is 0 Å². The van der Waals surface area contributed by atoms with E-state index in [9.17, 15) is 8.42 Å². The van der Waals surface area contributed by atoms with Gasteiger partial charge >= 0.3 is 0 Å². The molecule has 0 aliphatic carbocycles. The van der Waals surface area contributed by atoms with Gasteiger partial charge in [-0.3, -0.25) is 9.58 Å². The second-order valence-electron chi connectivity index (χ2n) is 5.97. The number of nitrogens with one attached hydrogen (secondary N) is 2. The maximum Gasteiger partial charge on any atom is 0.208 e. The first kappa shape index (κ1) is 15.0. The normalized spacial score (nSPS) is 21.4. The Morgan fingerprint density at radius 3 is 2.81 bits per heavy atom. The van der Waals surface area contributed by atoms with E-state index in [1.165, 1.54) is 11.9 Å². The van der Waals surface area contributed by atoms with Crippen molar-refractivity contribution >= 4 is 10.0 Å². The van der Waals surface area contributed by atoms with Crippen molar-refractivity contribution in [3.8, 4) is 0 Å². The quantitative estimate of drug-likeness (QED) is 0.783. The SMILES string of the molecule is CS(=O)(=O)NC1CCN(Cc2cc3n(n2)CCNC3)CC1. The number of hydrogen-bond acceptors (Lipinski definition) is 5. The van der Waals surface area contributed by atoms with Gasteiger partial charge in [-0.1, -0.05) is 0 Å². The van der Waals surface area contributed by atoms with E-state index in [1.54, 1.807) is 0 Å². The number of fused-ring (bicyclic) bond motifs is 1. The summed E-state index contributed by atoms with van der Waals surface area (Å²) >= 11 is 0. The van der Waals surface area contributed by atoms with Crippen molar-refractivity contribution in [2.75, 3.05) is 25.9 Å². The minimum atomic E-state index is -3.09. The molecule has 0 aromatic carbocycles. The summed E-state index contributed by atoms with van der Waals surface area (Å²) in [5, 5.41) is 7.99. The topological polar surface area (TPSA) is 79.3 Å². The van der Waals surface area contributed by atoms with E-state index in [2.05, 4.69) is 30.8 Å². The largest absolute Gasteiger partial charge is 0.309 e. The summed E-state index contributed by atoms with van der Waals surface area (Å²) in [6.07, 6.45) is 2.95. The maximum atomic E-state index is 11.2. The molecule has 0 bridgehead atoms. The Morgan fingerprint density at radius 2 is 2.14 bits per heavy atom. The molecule has 2 aliphatic heterocycles. The first-order valence-electron chi connectivity index (χ1n) is 7.45. The fourth-order valence-corrected chi connectivity index (χ4v) is 3.91. The molecular formula is C13H23N5O2S. The number of likely N-dealkylation sites (tertiary alicyclic amines) is 1. The van der Waals surface area contributed by atoms with E-state index in [4.69, 9.17) is 0 Å². The Kier molecular flexibility index (Phi) is 4.30. The zero-order valence-corrected chi connectivity index (χ0v) is 13.2. The fourth-order valence-electron chi connectivity index (χ4n) is 3.07. The highest BCUT2D eigenvalue weighted by Crippen LogP contribution is 2.15. The number of sulfonamides is 1. The number of hydrogen-bond donors (Lipinski definition) is 2. The predicted octanol–water partition coefficient (Wildman–Crippen LogP) is -0.500. The van der Waals surface area contributed by atoms with E-state index in [0.29, 0.717) is 0 Å². The molecule has 0 atom stereocenters. The Labute approximate surface area is 125 Å². The molecule has 3 heterocycles. The summed E-state index contributed by atoms with van der Waals surface area (Å²) < 4.78 is 27.3. The van der Waals surface area contributed by atoms with Crippen molar-refractivity contribution in [2.24, 2.45) is 0 Å². The molecular weight excluding hydrogens is 290 g/mol. The van der Waals surface area contributed by atoms with Crippen LogP contribution in [0.25, 0.3) is 0 Å². The molecule has 8 heteroatoms. The van der Waals surface area contributed by atoms with Crippen molar-refractivity contribution in [2.45, 2.75) is 38.5 Å². The minimum absolute atomic E-state index is 0.0793. The predicted molar refractivity (Wildman–Crippen MR) is 80.2 cm³/mol. The molecule has 0 unspecified atom stereocenters. The molecule has 21 heavy (non-hydrogen) atoms. The molecule has 2 N–H and O–H groups in total. The van der Waals surface area contributed by atoms with E-state index in [1.807, 2.05) is 0 Å². The molecule has 2 aliphatic rings. The van der Waals surface area contributed by atoms with Crippen molar-refractivity contribution in [1.82, 2.24) is 24.7 Å². The van der Waals surface area contributed by atoms with Gasteiger partial charge in [0.2, 0.25) is 10.0 Å². The monoisotopic (exact) mass is 313 g/mol. The van der Waals surface area contributed by atoms with Crippen LogP contribution in [-0.2, 0) is 29.7 Å². The average Bonchev–Trinajstić information content (AvgIpc) is 2.81. The van der Waals surface area contributed by atoms with Crippen molar-refractivity contribution < 1.29 is 8.42 Å². The number of aromatic nitrogens is 2. The van der Waals surface area contributed by atoms with Crippen LogP contribution in [0.5, 0.6) is 0 Å². The lowest BCUT2D eigenvalue weighted by atomic mass is 10.1. The molecule has 0 amide bonds. The summed E-state index contributed by atoms with van der Waals surface area (Å²) in [6, 6.07) is 2.25. The van der Waals surface area contributed by atoms with E-state index < -0.39 is 10.0 Å². The number of nitrogens with zero attached hydrogens (tertiary/aromatic N) is 3. The fraction of sp³-hybridized carbons (Fsp3) is 0.769. The second-order valence-corrected chi connectivity index (χ2v) is 7.75. The third-order valence-electron chi connectivity index (χ3n) is 4.07. The number of rotatable bonds is 4. The van der Waals surface area contributed by atoms with E-state index >= 15 is 0 Å². The lowest BCUT2D eigenvalue weighted by Gasteiger charge is -2.31. The van der Waals surface area contributed by atoms with Crippen molar-refractivity contribution in [3.05, 3.63) is 17.5 Å². The van der Waals surface area contributed by atoms with E-state index in [-0.39, 0.29) is 6.04 Å².